The first-order valence-corrected chi connectivity index (χ1v) is 9.32. The lowest BCUT2D eigenvalue weighted by molar-refractivity contribution is 0.291. The summed E-state index contributed by atoms with van der Waals surface area (Å²) in [5.74, 6) is 0.820. The van der Waals surface area contributed by atoms with Crippen LogP contribution < -0.4 is 5.32 Å². The van der Waals surface area contributed by atoms with Gasteiger partial charge in [0.15, 0.2) is 0 Å². The van der Waals surface area contributed by atoms with E-state index in [1.165, 1.54) is 59.2 Å². The van der Waals surface area contributed by atoms with Gasteiger partial charge in [-0.25, -0.2) is 0 Å². The maximum Gasteiger partial charge on any atom is 0.0704 e. The predicted octanol–water partition coefficient (Wildman–Crippen LogP) is 5.83. The lowest BCUT2D eigenvalue weighted by atomic mass is 9.83. The van der Waals surface area contributed by atoms with E-state index < -0.39 is 0 Å². The molecular weight excluding hydrogens is 318 g/mol. The molecular formula is C16H26BrNS. The van der Waals surface area contributed by atoms with E-state index in [-0.39, 0.29) is 0 Å². The third-order valence-electron chi connectivity index (χ3n) is 4.31. The van der Waals surface area contributed by atoms with E-state index in [4.69, 9.17) is 0 Å². The highest BCUT2D eigenvalue weighted by molar-refractivity contribution is 9.11. The minimum absolute atomic E-state index is 0.561. The maximum atomic E-state index is 3.76. The van der Waals surface area contributed by atoms with Crippen LogP contribution in [0.4, 0.5) is 0 Å². The van der Waals surface area contributed by atoms with Crippen molar-refractivity contribution in [3.63, 3.8) is 0 Å². The number of hydrogen-bond donors (Lipinski definition) is 1. The molecule has 0 bridgehead atoms. The quantitative estimate of drug-likeness (QED) is 0.724. The Morgan fingerprint density at radius 1 is 1.26 bits per heavy atom. The zero-order valence-corrected chi connectivity index (χ0v) is 14.6. The molecule has 1 fully saturated rings. The van der Waals surface area contributed by atoms with Gasteiger partial charge in [-0.3, -0.25) is 0 Å². The fourth-order valence-electron chi connectivity index (χ4n) is 3.34. The summed E-state index contributed by atoms with van der Waals surface area (Å²) in [5.41, 5.74) is 1.53. The Bertz CT molecular complexity index is 380. The lowest BCUT2D eigenvalue weighted by Crippen LogP contribution is -2.29. The van der Waals surface area contributed by atoms with E-state index in [0.717, 1.165) is 12.5 Å². The minimum Gasteiger partial charge on any atom is -0.310 e. The van der Waals surface area contributed by atoms with Crippen LogP contribution in [0.5, 0.6) is 0 Å². The molecule has 0 radical (unpaired) electrons. The van der Waals surface area contributed by atoms with Gasteiger partial charge in [-0.2, -0.15) is 0 Å². The number of hydrogen-bond acceptors (Lipinski definition) is 2. The average Bonchev–Trinajstić information content (AvgIpc) is 2.66. The number of halogens is 1. The SMILES string of the molecule is CCNC(c1cc(Br)sc1C)C1CCCCCCC1. The molecule has 1 aromatic rings. The molecule has 1 unspecified atom stereocenters. The first-order valence-electron chi connectivity index (χ1n) is 7.71. The normalized spacial score (nSPS) is 19.9. The number of rotatable bonds is 4. The van der Waals surface area contributed by atoms with Crippen LogP contribution in [0.15, 0.2) is 9.85 Å². The first kappa shape index (κ1) is 15.5. The van der Waals surface area contributed by atoms with Gasteiger partial charge in [0.1, 0.15) is 0 Å². The average molecular weight is 344 g/mol. The van der Waals surface area contributed by atoms with Crippen molar-refractivity contribution in [2.24, 2.45) is 5.92 Å². The summed E-state index contributed by atoms with van der Waals surface area (Å²) in [7, 11) is 0. The van der Waals surface area contributed by atoms with Gasteiger partial charge in [-0.05, 0) is 59.8 Å². The van der Waals surface area contributed by atoms with Crippen molar-refractivity contribution in [3.05, 3.63) is 20.3 Å². The number of aryl methyl sites for hydroxylation is 1. The molecule has 0 saturated heterocycles. The number of nitrogens with one attached hydrogen (secondary N) is 1. The van der Waals surface area contributed by atoms with Gasteiger partial charge >= 0.3 is 0 Å². The Balaban J connectivity index is 2.15. The lowest BCUT2D eigenvalue weighted by Gasteiger charge is -2.29. The van der Waals surface area contributed by atoms with E-state index in [9.17, 15) is 0 Å². The molecule has 1 saturated carbocycles. The Hall–Kier alpha value is 0.140. The summed E-state index contributed by atoms with van der Waals surface area (Å²) < 4.78 is 1.27. The van der Waals surface area contributed by atoms with Gasteiger partial charge in [-0.15, -0.1) is 11.3 Å². The monoisotopic (exact) mass is 343 g/mol. The van der Waals surface area contributed by atoms with Crippen molar-refractivity contribution >= 4 is 27.3 Å². The fourth-order valence-corrected chi connectivity index (χ4v) is 5.10. The molecule has 0 aliphatic heterocycles. The molecule has 3 heteroatoms. The molecule has 1 atom stereocenters. The van der Waals surface area contributed by atoms with Gasteiger partial charge in [0.05, 0.1) is 3.79 Å². The molecule has 0 spiro atoms. The fraction of sp³-hybridized carbons (Fsp3) is 0.750. The second-order valence-electron chi connectivity index (χ2n) is 5.70. The van der Waals surface area contributed by atoms with Crippen LogP contribution in [0.3, 0.4) is 0 Å². The molecule has 2 rings (SSSR count). The zero-order valence-electron chi connectivity index (χ0n) is 12.2. The van der Waals surface area contributed by atoms with Crippen LogP contribution in [-0.2, 0) is 0 Å². The highest BCUT2D eigenvalue weighted by Gasteiger charge is 2.25. The van der Waals surface area contributed by atoms with Crippen molar-refractivity contribution in [1.82, 2.24) is 5.32 Å². The van der Waals surface area contributed by atoms with Gasteiger partial charge in [0.25, 0.3) is 0 Å². The van der Waals surface area contributed by atoms with Crippen LogP contribution in [-0.4, -0.2) is 6.54 Å². The standard InChI is InChI=1S/C16H26BrNS/c1-3-18-16(14-11-15(17)19-12(14)2)13-9-7-5-4-6-8-10-13/h11,13,16,18H,3-10H2,1-2H3. The maximum absolute atomic E-state index is 3.76. The summed E-state index contributed by atoms with van der Waals surface area (Å²) in [4.78, 5) is 1.47. The second-order valence-corrected chi connectivity index (χ2v) is 8.34. The topological polar surface area (TPSA) is 12.0 Å². The van der Waals surface area contributed by atoms with Gasteiger partial charge in [0, 0.05) is 10.9 Å². The molecule has 1 heterocycles. The summed E-state index contributed by atoms with van der Waals surface area (Å²) in [5, 5.41) is 3.76. The van der Waals surface area contributed by atoms with Crippen molar-refractivity contribution in [3.8, 4) is 0 Å². The second kappa shape index (κ2) is 7.80. The Labute approximate surface area is 130 Å². The van der Waals surface area contributed by atoms with Crippen molar-refractivity contribution in [2.45, 2.75) is 64.8 Å². The number of thiophene rings is 1. The predicted molar refractivity (Wildman–Crippen MR) is 89.0 cm³/mol. The highest BCUT2D eigenvalue weighted by atomic mass is 79.9. The third-order valence-corrected chi connectivity index (χ3v) is 5.88. The van der Waals surface area contributed by atoms with E-state index in [1.807, 2.05) is 11.3 Å². The van der Waals surface area contributed by atoms with E-state index in [1.54, 1.807) is 0 Å². The summed E-state index contributed by atoms with van der Waals surface area (Å²) in [6.07, 6.45) is 9.92. The Morgan fingerprint density at radius 3 is 2.42 bits per heavy atom. The minimum atomic E-state index is 0.561. The molecule has 19 heavy (non-hydrogen) atoms. The molecule has 0 amide bonds. The van der Waals surface area contributed by atoms with Crippen LogP contribution in [0.2, 0.25) is 0 Å². The molecule has 1 N–H and O–H groups in total. The largest absolute Gasteiger partial charge is 0.310 e. The van der Waals surface area contributed by atoms with Gasteiger partial charge in [0.2, 0.25) is 0 Å². The summed E-state index contributed by atoms with van der Waals surface area (Å²) in [6.45, 7) is 5.55. The van der Waals surface area contributed by atoms with Crippen molar-refractivity contribution in [2.75, 3.05) is 6.54 Å². The van der Waals surface area contributed by atoms with E-state index in [2.05, 4.69) is 41.2 Å². The van der Waals surface area contributed by atoms with Crippen LogP contribution in [0.1, 0.15) is 68.4 Å². The molecule has 1 nitrogen and oxygen atoms in total. The molecule has 1 aliphatic carbocycles. The van der Waals surface area contributed by atoms with E-state index >= 15 is 0 Å². The molecule has 1 aromatic heterocycles. The van der Waals surface area contributed by atoms with E-state index in [0.29, 0.717) is 6.04 Å². The smallest absolute Gasteiger partial charge is 0.0704 e. The van der Waals surface area contributed by atoms with Crippen LogP contribution in [0, 0.1) is 12.8 Å². The third kappa shape index (κ3) is 4.30. The van der Waals surface area contributed by atoms with Crippen LogP contribution in [0.25, 0.3) is 0 Å². The Kier molecular flexibility index (Phi) is 6.37. The Morgan fingerprint density at radius 2 is 1.89 bits per heavy atom. The highest BCUT2D eigenvalue weighted by Crippen LogP contribution is 2.38. The molecule has 1 aliphatic rings. The van der Waals surface area contributed by atoms with Gasteiger partial charge in [-0.1, -0.05) is 39.0 Å². The first-order chi connectivity index (χ1) is 9.22. The zero-order chi connectivity index (χ0) is 13.7. The molecule has 108 valence electrons. The summed E-state index contributed by atoms with van der Waals surface area (Å²) in [6, 6.07) is 2.90. The molecule has 0 aromatic carbocycles. The van der Waals surface area contributed by atoms with Crippen molar-refractivity contribution in [1.29, 1.82) is 0 Å². The summed E-state index contributed by atoms with van der Waals surface area (Å²) >= 11 is 5.52. The van der Waals surface area contributed by atoms with Crippen LogP contribution >= 0.6 is 27.3 Å². The van der Waals surface area contributed by atoms with Gasteiger partial charge < -0.3 is 5.32 Å². The van der Waals surface area contributed by atoms with Crippen molar-refractivity contribution < 1.29 is 0 Å².